The van der Waals surface area contributed by atoms with Crippen LogP contribution in [0.3, 0.4) is 0 Å². The molecule has 0 amide bonds. The average molecular weight is 505 g/mol. The third-order valence-corrected chi connectivity index (χ3v) is 7.38. The Morgan fingerprint density at radius 2 is 2.06 bits per heavy atom. The van der Waals surface area contributed by atoms with Gasteiger partial charge in [-0.1, -0.05) is 23.7 Å². The number of benzene rings is 2. The summed E-state index contributed by atoms with van der Waals surface area (Å²) in [6.45, 7) is 11.7. The summed E-state index contributed by atoms with van der Waals surface area (Å²) < 4.78 is 11.7. The van der Waals surface area contributed by atoms with Gasteiger partial charge in [-0.3, -0.25) is 10.00 Å². The topological polar surface area (TPSA) is 79.4 Å². The smallest absolute Gasteiger partial charge is 0.319 e. The number of anilines is 1. The van der Waals surface area contributed by atoms with Crippen LogP contribution in [-0.4, -0.2) is 77.1 Å². The van der Waals surface area contributed by atoms with Crippen LogP contribution in [0.1, 0.15) is 12.0 Å². The highest BCUT2D eigenvalue weighted by Crippen LogP contribution is 2.40. The van der Waals surface area contributed by atoms with Crippen molar-refractivity contribution in [2.24, 2.45) is 0 Å². The van der Waals surface area contributed by atoms with Crippen LogP contribution < -0.4 is 9.64 Å². The van der Waals surface area contributed by atoms with Gasteiger partial charge in [0.15, 0.2) is 0 Å². The van der Waals surface area contributed by atoms with Gasteiger partial charge in [0.05, 0.1) is 30.4 Å². The Labute approximate surface area is 214 Å². The van der Waals surface area contributed by atoms with Gasteiger partial charge in [-0.25, -0.2) is 0 Å². The number of aromatic amines is 1. The Kier molecular flexibility index (Phi) is 6.25. The van der Waals surface area contributed by atoms with Crippen LogP contribution >= 0.6 is 11.6 Å². The van der Waals surface area contributed by atoms with E-state index in [4.69, 9.17) is 31.0 Å². The number of H-pyrrole nitrogens is 1. The van der Waals surface area contributed by atoms with E-state index < -0.39 is 0 Å². The maximum atomic E-state index is 6.96. The van der Waals surface area contributed by atoms with Crippen molar-refractivity contribution in [3.05, 3.63) is 53.7 Å². The zero-order valence-corrected chi connectivity index (χ0v) is 21.1. The summed E-state index contributed by atoms with van der Waals surface area (Å²) in [7, 11) is 0. The predicted octanol–water partition coefficient (Wildman–Crippen LogP) is 4.61. The molecule has 8 nitrogen and oxygen atoms in total. The lowest BCUT2D eigenvalue weighted by Gasteiger charge is -2.35. The Morgan fingerprint density at radius 1 is 1.19 bits per heavy atom. The van der Waals surface area contributed by atoms with E-state index in [-0.39, 0.29) is 6.10 Å². The molecule has 0 spiro atoms. The fourth-order valence-electron chi connectivity index (χ4n) is 5.16. The van der Waals surface area contributed by atoms with E-state index in [0.29, 0.717) is 24.2 Å². The maximum Gasteiger partial charge on any atom is 0.319 e. The van der Waals surface area contributed by atoms with Gasteiger partial charge in [-0.2, -0.15) is 15.1 Å². The number of aryl methyl sites for hydroxylation is 1. The predicted molar refractivity (Wildman–Crippen MR) is 143 cm³/mol. The van der Waals surface area contributed by atoms with Crippen molar-refractivity contribution in [3.8, 4) is 17.1 Å². The van der Waals surface area contributed by atoms with Gasteiger partial charge in [-0.05, 0) is 36.2 Å². The summed E-state index contributed by atoms with van der Waals surface area (Å²) in [5, 5.41) is 9.92. The van der Waals surface area contributed by atoms with Crippen molar-refractivity contribution in [2.75, 3.05) is 50.8 Å². The average Bonchev–Trinajstić information content (AvgIpc) is 3.57. The van der Waals surface area contributed by atoms with Crippen molar-refractivity contribution in [3.63, 3.8) is 0 Å². The molecule has 9 heteroatoms. The van der Waals surface area contributed by atoms with Crippen molar-refractivity contribution < 1.29 is 9.47 Å². The fourth-order valence-corrected chi connectivity index (χ4v) is 5.42. The van der Waals surface area contributed by atoms with Crippen molar-refractivity contribution in [1.82, 2.24) is 25.1 Å². The number of rotatable bonds is 6. The number of nitrogens with one attached hydrogen (secondary N) is 1. The number of fused-ring (bicyclic) bond motifs is 2. The van der Waals surface area contributed by atoms with E-state index in [1.165, 1.54) is 0 Å². The molecule has 2 saturated heterocycles. The number of hydrogen-bond donors (Lipinski definition) is 1. The largest absolute Gasteiger partial charge is 0.458 e. The zero-order chi connectivity index (χ0) is 24.6. The molecule has 1 atom stereocenters. The van der Waals surface area contributed by atoms with Crippen molar-refractivity contribution in [2.45, 2.75) is 19.4 Å². The molecule has 0 aliphatic carbocycles. The SMILES string of the molecule is C=CCN1CCN(c2nc(OC3CCOC3)nc3cc(-c4c(C)ccc5[nH]ncc45)c(Cl)cc23)CC1. The Bertz CT molecular complexity index is 1420. The number of aromatic nitrogens is 4. The molecule has 2 aromatic carbocycles. The fraction of sp³-hybridized carbons (Fsp3) is 0.370. The van der Waals surface area contributed by atoms with Gasteiger partial charge in [0, 0.05) is 60.5 Å². The van der Waals surface area contributed by atoms with Gasteiger partial charge in [-0.15, -0.1) is 6.58 Å². The quantitative estimate of drug-likeness (QED) is 0.384. The van der Waals surface area contributed by atoms with Gasteiger partial charge in [0.2, 0.25) is 0 Å². The molecule has 186 valence electrons. The molecule has 2 aromatic heterocycles. The first-order valence-corrected chi connectivity index (χ1v) is 12.8. The molecule has 4 heterocycles. The maximum absolute atomic E-state index is 6.96. The molecule has 0 saturated carbocycles. The number of nitrogens with zero attached hydrogens (tertiary/aromatic N) is 5. The minimum absolute atomic E-state index is 0.0339. The Balaban J connectivity index is 1.47. The van der Waals surface area contributed by atoms with Crippen LogP contribution in [0.15, 0.2) is 43.1 Å². The van der Waals surface area contributed by atoms with Crippen LogP contribution in [0.4, 0.5) is 5.82 Å². The van der Waals surface area contributed by atoms with E-state index >= 15 is 0 Å². The van der Waals surface area contributed by atoms with Gasteiger partial charge in [0.25, 0.3) is 0 Å². The first kappa shape index (κ1) is 23.2. The third kappa shape index (κ3) is 4.30. The van der Waals surface area contributed by atoms with E-state index in [1.54, 1.807) is 0 Å². The summed E-state index contributed by atoms with van der Waals surface area (Å²) in [6, 6.07) is 8.56. The van der Waals surface area contributed by atoms with Crippen molar-refractivity contribution in [1.29, 1.82) is 0 Å². The molecule has 0 bridgehead atoms. The zero-order valence-electron chi connectivity index (χ0n) is 20.3. The standard InChI is InChI=1S/C27H29ClN6O2/c1-3-7-33-8-10-34(11-9-33)26-20-13-22(28)19(25-17(2)4-5-23-21(25)15-29-32-23)14-24(20)30-27(31-26)36-18-6-12-35-16-18/h3-5,13-15,18H,1,6-12,16H2,2H3,(H,29,32). The molecule has 36 heavy (non-hydrogen) atoms. The minimum atomic E-state index is -0.0339. The first-order chi connectivity index (χ1) is 17.6. The van der Waals surface area contributed by atoms with E-state index in [2.05, 4.69) is 45.6 Å². The Morgan fingerprint density at radius 3 is 2.83 bits per heavy atom. The molecule has 0 radical (unpaired) electrons. The normalized spacial score (nSPS) is 18.8. The highest BCUT2D eigenvalue weighted by molar-refractivity contribution is 6.35. The second-order valence-electron chi connectivity index (χ2n) is 9.45. The molecule has 2 fully saturated rings. The van der Waals surface area contributed by atoms with Crippen molar-refractivity contribution >= 4 is 39.2 Å². The van der Waals surface area contributed by atoms with Crippen LogP contribution in [0, 0.1) is 6.92 Å². The lowest BCUT2D eigenvalue weighted by molar-refractivity contribution is 0.134. The summed E-state index contributed by atoms with van der Waals surface area (Å²) in [6.07, 6.45) is 4.61. The number of halogens is 1. The van der Waals surface area contributed by atoms with E-state index in [0.717, 1.165) is 83.5 Å². The number of ether oxygens (including phenoxy) is 2. The first-order valence-electron chi connectivity index (χ1n) is 12.4. The monoisotopic (exact) mass is 504 g/mol. The number of piperazine rings is 1. The van der Waals surface area contributed by atoms with Gasteiger partial charge in [0.1, 0.15) is 11.9 Å². The van der Waals surface area contributed by atoms with Crippen LogP contribution in [0.2, 0.25) is 5.02 Å². The molecule has 6 rings (SSSR count). The van der Waals surface area contributed by atoms with Crippen LogP contribution in [0.5, 0.6) is 6.01 Å². The molecule has 2 aliphatic rings. The van der Waals surface area contributed by atoms with Crippen LogP contribution in [0.25, 0.3) is 32.9 Å². The van der Waals surface area contributed by atoms with Gasteiger partial charge >= 0.3 is 6.01 Å². The summed E-state index contributed by atoms with van der Waals surface area (Å²) in [5.74, 6) is 0.860. The third-order valence-electron chi connectivity index (χ3n) is 7.06. The minimum Gasteiger partial charge on any atom is -0.458 e. The highest BCUT2D eigenvalue weighted by Gasteiger charge is 2.25. The molecule has 4 aromatic rings. The second kappa shape index (κ2) is 9.69. The number of hydrogen-bond acceptors (Lipinski definition) is 7. The highest BCUT2D eigenvalue weighted by atomic mass is 35.5. The molecule has 1 N–H and O–H groups in total. The van der Waals surface area contributed by atoms with E-state index in [1.807, 2.05) is 24.4 Å². The summed E-state index contributed by atoms with van der Waals surface area (Å²) in [5.41, 5.74) is 4.87. The van der Waals surface area contributed by atoms with Crippen LogP contribution in [-0.2, 0) is 4.74 Å². The summed E-state index contributed by atoms with van der Waals surface area (Å²) >= 11 is 6.96. The Hall–Kier alpha value is -3.20. The van der Waals surface area contributed by atoms with Gasteiger partial charge < -0.3 is 14.4 Å². The van der Waals surface area contributed by atoms with E-state index in [9.17, 15) is 0 Å². The molecule has 1 unspecified atom stereocenters. The summed E-state index contributed by atoms with van der Waals surface area (Å²) in [4.78, 5) is 14.4. The lowest BCUT2D eigenvalue weighted by Crippen LogP contribution is -2.46. The molecule has 2 aliphatic heterocycles. The second-order valence-corrected chi connectivity index (χ2v) is 9.85. The molecular weight excluding hydrogens is 476 g/mol. The molecular formula is C27H29ClN6O2. The lowest BCUT2D eigenvalue weighted by atomic mass is 9.96.